The molecule has 90 valence electrons. The minimum Gasteiger partial charge on any atom is -0.313 e. The van der Waals surface area contributed by atoms with Gasteiger partial charge >= 0.3 is 0 Å². The molecule has 0 aliphatic carbocycles. The Balaban J connectivity index is 1.97. The molecule has 0 saturated carbocycles. The van der Waals surface area contributed by atoms with Gasteiger partial charge in [0, 0.05) is 10.9 Å². The SMILES string of the molecule is CNC(CCc1csc(C)c1)c1ccccc1. The summed E-state index contributed by atoms with van der Waals surface area (Å²) < 4.78 is 0. The van der Waals surface area contributed by atoms with Crippen molar-refractivity contribution in [2.24, 2.45) is 0 Å². The summed E-state index contributed by atoms with van der Waals surface area (Å²) in [4.78, 5) is 1.40. The van der Waals surface area contributed by atoms with Crippen LogP contribution in [0.15, 0.2) is 41.8 Å². The van der Waals surface area contributed by atoms with Crippen LogP contribution < -0.4 is 5.32 Å². The van der Waals surface area contributed by atoms with E-state index in [1.54, 1.807) is 0 Å². The summed E-state index contributed by atoms with van der Waals surface area (Å²) in [5.74, 6) is 0. The lowest BCUT2D eigenvalue weighted by molar-refractivity contribution is 0.549. The Kier molecular flexibility index (Phi) is 4.35. The fraction of sp³-hybridized carbons (Fsp3) is 0.333. The van der Waals surface area contributed by atoms with Crippen molar-refractivity contribution in [3.8, 4) is 0 Å². The van der Waals surface area contributed by atoms with Gasteiger partial charge in [-0.3, -0.25) is 0 Å². The highest BCUT2D eigenvalue weighted by Crippen LogP contribution is 2.21. The first-order chi connectivity index (χ1) is 8.29. The summed E-state index contributed by atoms with van der Waals surface area (Å²) >= 11 is 1.84. The van der Waals surface area contributed by atoms with Crippen LogP contribution in [0.1, 0.15) is 28.5 Å². The zero-order valence-corrected chi connectivity index (χ0v) is 11.3. The molecule has 1 nitrogen and oxygen atoms in total. The Morgan fingerprint density at radius 1 is 1.24 bits per heavy atom. The fourth-order valence-corrected chi connectivity index (χ4v) is 2.85. The summed E-state index contributed by atoms with van der Waals surface area (Å²) in [7, 11) is 2.04. The number of nitrogens with one attached hydrogen (secondary N) is 1. The molecular weight excluding hydrogens is 226 g/mol. The highest BCUT2D eigenvalue weighted by molar-refractivity contribution is 7.10. The van der Waals surface area contributed by atoms with Crippen molar-refractivity contribution in [2.45, 2.75) is 25.8 Å². The van der Waals surface area contributed by atoms with Gasteiger partial charge in [-0.2, -0.15) is 0 Å². The Labute approximate surface area is 108 Å². The number of thiophene rings is 1. The molecule has 0 fully saturated rings. The van der Waals surface area contributed by atoms with Crippen molar-refractivity contribution >= 4 is 11.3 Å². The van der Waals surface area contributed by atoms with Crippen LogP contribution in [-0.4, -0.2) is 7.05 Å². The number of rotatable bonds is 5. The van der Waals surface area contributed by atoms with Crippen LogP contribution in [0.3, 0.4) is 0 Å². The van der Waals surface area contributed by atoms with Gasteiger partial charge in [-0.1, -0.05) is 30.3 Å². The molecule has 1 aromatic carbocycles. The molecule has 2 aromatic rings. The minimum atomic E-state index is 0.455. The summed E-state index contributed by atoms with van der Waals surface area (Å²) in [5.41, 5.74) is 2.84. The molecule has 0 bridgehead atoms. The highest BCUT2D eigenvalue weighted by atomic mass is 32.1. The van der Waals surface area contributed by atoms with Gasteiger partial charge in [0.25, 0.3) is 0 Å². The van der Waals surface area contributed by atoms with Gasteiger partial charge < -0.3 is 5.32 Å². The van der Waals surface area contributed by atoms with E-state index in [0.717, 1.165) is 12.8 Å². The third kappa shape index (κ3) is 3.42. The molecule has 1 N–H and O–H groups in total. The molecule has 17 heavy (non-hydrogen) atoms. The summed E-state index contributed by atoms with van der Waals surface area (Å²) in [5, 5.41) is 5.67. The van der Waals surface area contributed by atoms with Crippen LogP contribution in [0.5, 0.6) is 0 Å². The molecule has 0 aliphatic rings. The molecule has 0 radical (unpaired) electrons. The van der Waals surface area contributed by atoms with E-state index in [2.05, 4.69) is 54.0 Å². The lowest BCUT2D eigenvalue weighted by Crippen LogP contribution is -2.16. The Morgan fingerprint density at radius 2 is 2.00 bits per heavy atom. The van der Waals surface area contributed by atoms with Gasteiger partial charge in [0.05, 0.1) is 0 Å². The molecule has 0 saturated heterocycles. The number of hydrogen-bond donors (Lipinski definition) is 1. The first-order valence-corrected chi connectivity index (χ1v) is 6.94. The highest BCUT2D eigenvalue weighted by Gasteiger charge is 2.08. The smallest absolute Gasteiger partial charge is 0.0320 e. The topological polar surface area (TPSA) is 12.0 Å². The second-order valence-corrected chi connectivity index (χ2v) is 5.47. The Bertz CT molecular complexity index is 447. The van der Waals surface area contributed by atoms with Gasteiger partial charge in [0.15, 0.2) is 0 Å². The van der Waals surface area contributed by atoms with Gasteiger partial charge in [-0.25, -0.2) is 0 Å². The zero-order chi connectivity index (χ0) is 12.1. The van der Waals surface area contributed by atoms with E-state index >= 15 is 0 Å². The first kappa shape index (κ1) is 12.3. The van der Waals surface area contributed by atoms with E-state index in [1.165, 1.54) is 16.0 Å². The maximum absolute atomic E-state index is 3.40. The van der Waals surface area contributed by atoms with Crippen molar-refractivity contribution < 1.29 is 0 Å². The van der Waals surface area contributed by atoms with Crippen LogP contribution in [-0.2, 0) is 6.42 Å². The van der Waals surface area contributed by atoms with E-state index in [1.807, 2.05) is 18.4 Å². The Morgan fingerprint density at radius 3 is 2.59 bits per heavy atom. The van der Waals surface area contributed by atoms with Crippen LogP contribution in [0.4, 0.5) is 0 Å². The molecule has 1 atom stereocenters. The normalized spacial score (nSPS) is 12.6. The number of aryl methyl sites for hydroxylation is 2. The molecule has 2 heteroatoms. The van der Waals surface area contributed by atoms with E-state index in [0.29, 0.717) is 6.04 Å². The van der Waals surface area contributed by atoms with Crippen LogP contribution in [0, 0.1) is 6.92 Å². The molecule has 0 aliphatic heterocycles. The monoisotopic (exact) mass is 245 g/mol. The molecular formula is C15H19NS. The molecule has 1 aromatic heterocycles. The van der Waals surface area contributed by atoms with Crippen molar-refractivity contribution in [3.05, 3.63) is 57.8 Å². The van der Waals surface area contributed by atoms with Crippen LogP contribution in [0.25, 0.3) is 0 Å². The zero-order valence-electron chi connectivity index (χ0n) is 10.4. The molecule has 2 rings (SSSR count). The summed E-state index contributed by atoms with van der Waals surface area (Å²) in [6.45, 7) is 2.17. The number of hydrogen-bond acceptors (Lipinski definition) is 2. The van der Waals surface area contributed by atoms with Gasteiger partial charge in [0.2, 0.25) is 0 Å². The van der Waals surface area contributed by atoms with Crippen molar-refractivity contribution in [1.29, 1.82) is 0 Å². The second kappa shape index (κ2) is 5.99. The molecule has 0 amide bonds. The van der Waals surface area contributed by atoms with Crippen LogP contribution in [0.2, 0.25) is 0 Å². The predicted molar refractivity (Wildman–Crippen MR) is 75.6 cm³/mol. The summed E-state index contributed by atoms with van der Waals surface area (Å²) in [6.07, 6.45) is 2.29. The average molecular weight is 245 g/mol. The lowest BCUT2D eigenvalue weighted by atomic mass is 10.0. The van der Waals surface area contributed by atoms with E-state index < -0.39 is 0 Å². The first-order valence-electron chi connectivity index (χ1n) is 6.06. The molecule has 1 unspecified atom stereocenters. The standard InChI is InChI=1S/C15H19NS/c1-12-10-13(11-17-12)8-9-15(16-2)14-6-4-3-5-7-14/h3-7,10-11,15-16H,8-9H2,1-2H3. The average Bonchev–Trinajstić information content (AvgIpc) is 2.77. The fourth-order valence-electron chi connectivity index (χ4n) is 2.10. The van der Waals surface area contributed by atoms with Crippen molar-refractivity contribution in [1.82, 2.24) is 5.32 Å². The summed E-state index contributed by atoms with van der Waals surface area (Å²) in [6, 6.07) is 13.4. The van der Waals surface area contributed by atoms with Gasteiger partial charge in [0.1, 0.15) is 0 Å². The van der Waals surface area contributed by atoms with Crippen molar-refractivity contribution in [2.75, 3.05) is 7.05 Å². The van der Waals surface area contributed by atoms with Crippen molar-refractivity contribution in [3.63, 3.8) is 0 Å². The predicted octanol–water partition coefficient (Wildman–Crippen LogP) is 3.95. The van der Waals surface area contributed by atoms with E-state index in [4.69, 9.17) is 0 Å². The lowest BCUT2D eigenvalue weighted by Gasteiger charge is -2.16. The maximum atomic E-state index is 3.40. The second-order valence-electron chi connectivity index (χ2n) is 4.36. The van der Waals surface area contributed by atoms with Gasteiger partial charge in [-0.15, -0.1) is 11.3 Å². The largest absolute Gasteiger partial charge is 0.313 e. The third-order valence-corrected chi connectivity index (χ3v) is 3.97. The molecule has 1 heterocycles. The van der Waals surface area contributed by atoms with E-state index in [-0.39, 0.29) is 0 Å². The number of benzene rings is 1. The molecule has 0 spiro atoms. The quantitative estimate of drug-likeness (QED) is 0.841. The Hall–Kier alpha value is -1.12. The maximum Gasteiger partial charge on any atom is 0.0320 e. The van der Waals surface area contributed by atoms with Crippen LogP contribution >= 0.6 is 11.3 Å². The van der Waals surface area contributed by atoms with Gasteiger partial charge in [-0.05, 0) is 49.4 Å². The minimum absolute atomic E-state index is 0.455. The van der Waals surface area contributed by atoms with E-state index in [9.17, 15) is 0 Å². The third-order valence-electron chi connectivity index (χ3n) is 3.06.